The second-order valence-corrected chi connectivity index (χ2v) is 4.80. The molecule has 1 aliphatic heterocycles. The van der Waals surface area contributed by atoms with Gasteiger partial charge in [0.05, 0.1) is 11.1 Å². The molecule has 0 unspecified atom stereocenters. The molecule has 1 fully saturated rings. The topological polar surface area (TPSA) is 79.5 Å². The van der Waals surface area contributed by atoms with Crippen molar-refractivity contribution in [3.8, 4) is 0 Å². The van der Waals surface area contributed by atoms with Crippen molar-refractivity contribution in [3.63, 3.8) is 0 Å². The first-order valence-corrected chi connectivity index (χ1v) is 6.34. The van der Waals surface area contributed by atoms with Gasteiger partial charge in [-0.05, 0) is 37.1 Å². The van der Waals surface area contributed by atoms with Crippen molar-refractivity contribution >= 4 is 28.4 Å². The third-order valence-corrected chi connectivity index (χ3v) is 3.48. The van der Waals surface area contributed by atoms with Crippen molar-refractivity contribution in [1.29, 1.82) is 0 Å². The van der Waals surface area contributed by atoms with Gasteiger partial charge < -0.3 is 15.7 Å². The Hall–Kier alpha value is -2.30. The number of nitrogen functional groups attached to an aromatic ring is 1. The van der Waals surface area contributed by atoms with Gasteiger partial charge in [-0.3, -0.25) is 0 Å². The summed E-state index contributed by atoms with van der Waals surface area (Å²) < 4.78 is 0. The summed E-state index contributed by atoms with van der Waals surface area (Å²) in [6.45, 7) is 1.87. The van der Waals surface area contributed by atoms with Gasteiger partial charge in [0.1, 0.15) is 5.82 Å². The average Bonchev–Trinajstić information content (AvgIpc) is 2.91. The van der Waals surface area contributed by atoms with Gasteiger partial charge >= 0.3 is 5.97 Å². The Morgan fingerprint density at radius 1 is 1.26 bits per heavy atom. The van der Waals surface area contributed by atoms with E-state index < -0.39 is 5.97 Å². The van der Waals surface area contributed by atoms with Gasteiger partial charge in [-0.1, -0.05) is 0 Å². The number of hydrogen-bond acceptors (Lipinski definition) is 4. The van der Waals surface area contributed by atoms with E-state index in [0.29, 0.717) is 16.6 Å². The molecule has 19 heavy (non-hydrogen) atoms. The van der Waals surface area contributed by atoms with Crippen LogP contribution in [-0.2, 0) is 0 Å². The summed E-state index contributed by atoms with van der Waals surface area (Å²) in [5.41, 5.74) is 7.21. The molecule has 98 valence electrons. The molecule has 3 rings (SSSR count). The van der Waals surface area contributed by atoms with Crippen LogP contribution in [0.2, 0.25) is 0 Å². The van der Waals surface area contributed by atoms with E-state index in [9.17, 15) is 9.90 Å². The van der Waals surface area contributed by atoms with Gasteiger partial charge in [-0.2, -0.15) is 0 Å². The third kappa shape index (κ3) is 2.07. The summed E-state index contributed by atoms with van der Waals surface area (Å²) in [7, 11) is 0. The third-order valence-electron chi connectivity index (χ3n) is 3.48. The van der Waals surface area contributed by atoms with E-state index in [1.807, 2.05) is 0 Å². The quantitative estimate of drug-likeness (QED) is 0.805. The number of benzene rings is 1. The van der Waals surface area contributed by atoms with Crippen molar-refractivity contribution < 1.29 is 9.90 Å². The lowest BCUT2D eigenvalue weighted by Crippen LogP contribution is -2.19. The number of aromatic carboxylic acids is 1. The molecule has 5 heteroatoms. The fourth-order valence-corrected chi connectivity index (χ4v) is 2.51. The van der Waals surface area contributed by atoms with Gasteiger partial charge in [-0.25, -0.2) is 9.78 Å². The summed E-state index contributed by atoms with van der Waals surface area (Å²) in [5.74, 6) is -0.203. The molecule has 1 aliphatic rings. The van der Waals surface area contributed by atoms with Gasteiger partial charge in [-0.15, -0.1) is 0 Å². The standard InChI is InChI=1S/C14H15N3O2/c15-9-3-4-12-10(7-9)11(14(18)19)8-13(16-12)17-5-1-2-6-17/h3-4,7-8H,1-2,5-6,15H2,(H,18,19). The normalized spacial score (nSPS) is 15.1. The molecular formula is C14H15N3O2. The maximum absolute atomic E-state index is 11.4. The van der Waals surface area contributed by atoms with Crippen LogP contribution in [0.3, 0.4) is 0 Å². The SMILES string of the molecule is Nc1ccc2nc(N3CCCC3)cc(C(=O)O)c2c1. The van der Waals surface area contributed by atoms with Crippen LogP contribution in [-0.4, -0.2) is 29.1 Å². The Morgan fingerprint density at radius 2 is 2.00 bits per heavy atom. The van der Waals surface area contributed by atoms with Crippen LogP contribution >= 0.6 is 0 Å². The van der Waals surface area contributed by atoms with Crippen LogP contribution in [0.5, 0.6) is 0 Å². The second-order valence-electron chi connectivity index (χ2n) is 4.80. The highest BCUT2D eigenvalue weighted by atomic mass is 16.4. The number of pyridine rings is 1. The molecule has 5 nitrogen and oxygen atoms in total. The molecular weight excluding hydrogens is 242 g/mol. The monoisotopic (exact) mass is 257 g/mol. The maximum Gasteiger partial charge on any atom is 0.336 e. The van der Waals surface area contributed by atoms with Gasteiger partial charge in [0.2, 0.25) is 0 Å². The Kier molecular flexibility index (Phi) is 2.74. The number of anilines is 2. The Bertz CT molecular complexity index is 648. The lowest BCUT2D eigenvalue weighted by atomic mass is 10.1. The Morgan fingerprint density at radius 3 is 2.68 bits per heavy atom. The number of carboxylic acids is 1. The van der Waals surface area contributed by atoms with E-state index in [1.165, 1.54) is 0 Å². The van der Waals surface area contributed by atoms with Crippen molar-refractivity contribution in [3.05, 3.63) is 29.8 Å². The summed E-state index contributed by atoms with van der Waals surface area (Å²) in [6.07, 6.45) is 2.26. The van der Waals surface area contributed by atoms with Crippen LogP contribution in [0, 0.1) is 0 Å². The molecule has 0 radical (unpaired) electrons. The fraction of sp³-hybridized carbons (Fsp3) is 0.286. The molecule has 2 heterocycles. The minimum absolute atomic E-state index is 0.263. The predicted molar refractivity (Wildman–Crippen MR) is 74.6 cm³/mol. The summed E-state index contributed by atoms with van der Waals surface area (Å²) in [4.78, 5) is 18.1. The largest absolute Gasteiger partial charge is 0.478 e. The van der Waals surface area contributed by atoms with Gasteiger partial charge in [0.25, 0.3) is 0 Å². The van der Waals surface area contributed by atoms with Crippen molar-refractivity contribution in [2.75, 3.05) is 23.7 Å². The molecule has 3 N–H and O–H groups in total. The lowest BCUT2D eigenvalue weighted by molar-refractivity contribution is 0.0699. The number of rotatable bonds is 2. The molecule has 0 bridgehead atoms. The molecule has 2 aromatic rings. The van der Waals surface area contributed by atoms with Crippen molar-refractivity contribution in [2.24, 2.45) is 0 Å². The molecule has 0 saturated carbocycles. The minimum Gasteiger partial charge on any atom is -0.478 e. The fourth-order valence-electron chi connectivity index (χ4n) is 2.51. The number of hydrogen-bond donors (Lipinski definition) is 2. The smallest absolute Gasteiger partial charge is 0.336 e. The highest BCUT2D eigenvalue weighted by molar-refractivity contribution is 6.04. The van der Waals surface area contributed by atoms with E-state index in [0.717, 1.165) is 31.7 Å². The van der Waals surface area contributed by atoms with E-state index in [4.69, 9.17) is 5.73 Å². The first kappa shape index (κ1) is 11.8. The van der Waals surface area contributed by atoms with E-state index in [1.54, 1.807) is 24.3 Å². The molecule has 1 saturated heterocycles. The molecule has 1 aromatic carbocycles. The first-order valence-electron chi connectivity index (χ1n) is 6.34. The summed E-state index contributed by atoms with van der Waals surface area (Å²) >= 11 is 0. The van der Waals surface area contributed by atoms with Crippen LogP contribution in [0.1, 0.15) is 23.2 Å². The van der Waals surface area contributed by atoms with Crippen LogP contribution in [0.15, 0.2) is 24.3 Å². The summed E-state index contributed by atoms with van der Waals surface area (Å²) in [5, 5.41) is 9.95. The summed E-state index contributed by atoms with van der Waals surface area (Å²) in [6, 6.07) is 6.83. The van der Waals surface area contributed by atoms with Crippen LogP contribution in [0.4, 0.5) is 11.5 Å². The second kappa shape index (κ2) is 4.42. The number of aromatic nitrogens is 1. The van der Waals surface area contributed by atoms with E-state index in [-0.39, 0.29) is 5.56 Å². The Labute approximate surface area is 110 Å². The highest BCUT2D eigenvalue weighted by Crippen LogP contribution is 2.26. The zero-order valence-corrected chi connectivity index (χ0v) is 10.5. The first-order chi connectivity index (χ1) is 9.15. The van der Waals surface area contributed by atoms with Crippen molar-refractivity contribution in [1.82, 2.24) is 4.98 Å². The van der Waals surface area contributed by atoms with Gasteiger partial charge in [0.15, 0.2) is 0 Å². The van der Waals surface area contributed by atoms with Crippen molar-refractivity contribution in [2.45, 2.75) is 12.8 Å². The van der Waals surface area contributed by atoms with Crippen LogP contribution < -0.4 is 10.6 Å². The molecule has 0 aliphatic carbocycles. The molecule has 0 spiro atoms. The molecule has 0 atom stereocenters. The minimum atomic E-state index is -0.946. The van der Waals surface area contributed by atoms with E-state index in [2.05, 4.69) is 9.88 Å². The number of nitrogens with zero attached hydrogens (tertiary/aromatic N) is 2. The number of fused-ring (bicyclic) bond motifs is 1. The zero-order chi connectivity index (χ0) is 13.4. The molecule has 0 amide bonds. The Balaban J connectivity index is 2.21. The maximum atomic E-state index is 11.4. The van der Waals surface area contributed by atoms with Gasteiger partial charge in [0, 0.05) is 24.2 Å². The van der Waals surface area contributed by atoms with Crippen LogP contribution in [0.25, 0.3) is 10.9 Å². The number of carbonyl (C=O) groups is 1. The average molecular weight is 257 g/mol. The zero-order valence-electron chi connectivity index (χ0n) is 10.5. The highest BCUT2D eigenvalue weighted by Gasteiger charge is 2.18. The predicted octanol–water partition coefficient (Wildman–Crippen LogP) is 2.12. The molecule has 1 aromatic heterocycles. The number of carboxylic acid groups (broad SMARTS) is 1. The lowest BCUT2D eigenvalue weighted by Gasteiger charge is -2.17. The van der Waals surface area contributed by atoms with E-state index >= 15 is 0 Å². The number of nitrogens with two attached hydrogens (primary N) is 1.